The first-order valence-corrected chi connectivity index (χ1v) is 10.9. The first kappa shape index (κ1) is 18.0. The highest BCUT2D eigenvalue weighted by atomic mass is 32.2. The van der Waals surface area contributed by atoms with Gasteiger partial charge in [0.1, 0.15) is 16.9 Å². The number of hydrogen-bond acceptors (Lipinski definition) is 6. The van der Waals surface area contributed by atoms with Crippen LogP contribution in [-0.4, -0.2) is 46.8 Å². The van der Waals surface area contributed by atoms with Gasteiger partial charge in [-0.05, 0) is 30.7 Å². The van der Waals surface area contributed by atoms with E-state index in [1.165, 1.54) is 23.1 Å². The van der Waals surface area contributed by atoms with Crippen molar-refractivity contribution in [1.29, 1.82) is 0 Å². The molecule has 2 heterocycles. The van der Waals surface area contributed by atoms with Crippen LogP contribution in [0.25, 0.3) is 11.0 Å². The van der Waals surface area contributed by atoms with Crippen molar-refractivity contribution in [2.75, 3.05) is 18.8 Å². The molecule has 0 bridgehead atoms. The molecule has 6 nitrogen and oxygen atoms in total. The Morgan fingerprint density at radius 3 is 2.70 bits per heavy atom. The number of carbonyl (C=O) groups is 1. The summed E-state index contributed by atoms with van der Waals surface area (Å²) in [6.07, 6.45) is 0.162. The van der Waals surface area contributed by atoms with Gasteiger partial charge in [0, 0.05) is 24.2 Å². The average molecular weight is 405 g/mol. The monoisotopic (exact) mass is 405 g/mol. The van der Waals surface area contributed by atoms with Gasteiger partial charge in [0.25, 0.3) is 5.91 Å². The zero-order valence-electron chi connectivity index (χ0n) is 14.2. The number of amides is 1. The van der Waals surface area contributed by atoms with E-state index >= 15 is 0 Å². The lowest BCUT2D eigenvalue weighted by atomic mass is 10.1. The molecule has 0 spiro atoms. The second kappa shape index (κ2) is 6.97. The summed E-state index contributed by atoms with van der Waals surface area (Å²) in [4.78, 5) is 14.4. The standard InChI is InChI=1S/C18H16FN3O3S2/c19-14-4-2-1-3-13(14)17-7-8-22(9-10-27(17,24)25)18(23)12-5-6-15-16(11-12)21-26-20-15/h1-6,11,17H,7-10H2. The van der Waals surface area contributed by atoms with Crippen LogP contribution >= 0.6 is 11.7 Å². The fourth-order valence-corrected chi connectivity index (χ4v) is 5.65. The smallest absolute Gasteiger partial charge is 0.253 e. The maximum absolute atomic E-state index is 14.1. The molecule has 0 radical (unpaired) electrons. The first-order chi connectivity index (χ1) is 13.0. The van der Waals surface area contributed by atoms with Crippen molar-refractivity contribution in [2.45, 2.75) is 11.7 Å². The van der Waals surface area contributed by atoms with E-state index in [1.54, 1.807) is 24.3 Å². The summed E-state index contributed by atoms with van der Waals surface area (Å²) in [7, 11) is -3.56. The summed E-state index contributed by atoms with van der Waals surface area (Å²) in [5.41, 5.74) is 1.96. The number of carbonyl (C=O) groups excluding carboxylic acids is 1. The van der Waals surface area contributed by atoms with E-state index in [1.807, 2.05) is 0 Å². The van der Waals surface area contributed by atoms with E-state index in [-0.39, 0.29) is 36.7 Å². The number of benzene rings is 2. The summed E-state index contributed by atoms with van der Waals surface area (Å²) < 4.78 is 47.7. The second-order valence-corrected chi connectivity index (χ2v) is 9.26. The van der Waals surface area contributed by atoms with Gasteiger partial charge in [-0.1, -0.05) is 18.2 Å². The lowest BCUT2D eigenvalue weighted by Crippen LogP contribution is -2.33. The molecule has 0 N–H and O–H groups in total. The third-order valence-electron chi connectivity index (χ3n) is 4.78. The van der Waals surface area contributed by atoms with Gasteiger partial charge in [-0.15, -0.1) is 0 Å². The predicted molar refractivity (Wildman–Crippen MR) is 101 cm³/mol. The molecule has 0 saturated carbocycles. The van der Waals surface area contributed by atoms with Gasteiger partial charge >= 0.3 is 0 Å². The molecule has 2 aromatic carbocycles. The van der Waals surface area contributed by atoms with E-state index < -0.39 is 20.9 Å². The van der Waals surface area contributed by atoms with Gasteiger partial charge < -0.3 is 4.90 Å². The number of nitrogens with zero attached hydrogens (tertiary/aromatic N) is 3. The number of aromatic nitrogens is 2. The van der Waals surface area contributed by atoms with E-state index in [2.05, 4.69) is 8.75 Å². The van der Waals surface area contributed by atoms with Crippen LogP contribution in [0.1, 0.15) is 27.6 Å². The molecule has 1 aliphatic rings. The zero-order chi connectivity index (χ0) is 19.0. The molecule has 1 saturated heterocycles. The summed E-state index contributed by atoms with van der Waals surface area (Å²) in [5, 5.41) is -0.943. The summed E-state index contributed by atoms with van der Waals surface area (Å²) in [6, 6.07) is 11.0. The molecule has 1 aromatic heterocycles. The molecule has 1 aliphatic heterocycles. The van der Waals surface area contributed by atoms with Crippen LogP contribution in [0, 0.1) is 5.82 Å². The molecule has 1 fully saturated rings. The van der Waals surface area contributed by atoms with Crippen molar-refractivity contribution in [3.05, 3.63) is 59.4 Å². The van der Waals surface area contributed by atoms with Crippen LogP contribution in [0.3, 0.4) is 0 Å². The highest BCUT2D eigenvalue weighted by molar-refractivity contribution is 7.91. The summed E-state index contributed by atoms with van der Waals surface area (Å²) >= 11 is 1.07. The maximum Gasteiger partial charge on any atom is 0.253 e. The van der Waals surface area contributed by atoms with Crippen molar-refractivity contribution in [1.82, 2.24) is 13.6 Å². The van der Waals surface area contributed by atoms with Crippen molar-refractivity contribution in [2.24, 2.45) is 0 Å². The van der Waals surface area contributed by atoms with Gasteiger partial charge in [0.2, 0.25) is 0 Å². The molecule has 4 rings (SSSR count). The Hall–Kier alpha value is -2.39. The molecular weight excluding hydrogens is 389 g/mol. The predicted octanol–water partition coefficient (Wildman–Crippen LogP) is 2.83. The molecule has 0 aliphatic carbocycles. The molecule has 9 heteroatoms. The van der Waals surface area contributed by atoms with Crippen LogP contribution in [0.4, 0.5) is 4.39 Å². The normalized spacial score (nSPS) is 19.7. The Balaban J connectivity index is 1.60. The Morgan fingerprint density at radius 1 is 1.11 bits per heavy atom. The van der Waals surface area contributed by atoms with E-state index in [9.17, 15) is 17.6 Å². The minimum Gasteiger partial charge on any atom is -0.338 e. The number of sulfone groups is 1. The number of rotatable bonds is 2. The molecule has 27 heavy (non-hydrogen) atoms. The van der Waals surface area contributed by atoms with Gasteiger partial charge in [0.15, 0.2) is 9.84 Å². The van der Waals surface area contributed by atoms with Crippen LogP contribution in [0.2, 0.25) is 0 Å². The van der Waals surface area contributed by atoms with E-state index in [4.69, 9.17) is 0 Å². The highest BCUT2D eigenvalue weighted by Crippen LogP contribution is 2.31. The number of halogens is 1. The lowest BCUT2D eigenvalue weighted by Gasteiger charge is -2.20. The van der Waals surface area contributed by atoms with Crippen LogP contribution < -0.4 is 0 Å². The molecule has 140 valence electrons. The summed E-state index contributed by atoms with van der Waals surface area (Å²) in [5.74, 6) is -0.986. The highest BCUT2D eigenvalue weighted by Gasteiger charge is 2.34. The fraction of sp³-hybridized carbons (Fsp3) is 0.278. The molecule has 1 unspecified atom stereocenters. The van der Waals surface area contributed by atoms with Crippen molar-refractivity contribution >= 4 is 38.5 Å². The Morgan fingerprint density at radius 2 is 1.89 bits per heavy atom. The van der Waals surface area contributed by atoms with Gasteiger partial charge in [-0.25, -0.2) is 12.8 Å². The number of hydrogen-bond donors (Lipinski definition) is 0. The molecule has 1 amide bonds. The molecule has 1 atom stereocenters. The average Bonchev–Trinajstić information content (AvgIpc) is 3.06. The van der Waals surface area contributed by atoms with Crippen LogP contribution in [0.5, 0.6) is 0 Å². The quantitative estimate of drug-likeness (QED) is 0.655. The van der Waals surface area contributed by atoms with E-state index in [0.717, 1.165) is 17.2 Å². The molecular formula is C18H16FN3O3S2. The zero-order valence-corrected chi connectivity index (χ0v) is 15.8. The van der Waals surface area contributed by atoms with Crippen molar-refractivity contribution in [3.8, 4) is 0 Å². The van der Waals surface area contributed by atoms with Crippen LogP contribution in [0.15, 0.2) is 42.5 Å². The SMILES string of the molecule is O=C(c1ccc2nsnc2c1)N1CCC(c2ccccc2F)S(=O)(=O)CC1. The first-order valence-electron chi connectivity index (χ1n) is 8.43. The fourth-order valence-electron chi connectivity index (χ4n) is 3.33. The van der Waals surface area contributed by atoms with Gasteiger partial charge in [-0.3, -0.25) is 4.79 Å². The minimum absolute atomic E-state index is 0.0828. The third kappa shape index (κ3) is 3.44. The lowest BCUT2D eigenvalue weighted by molar-refractivity contribution is 0.0766. The topological polar surface area (TPSA) is 80.2 Å². The summed E-state index contributed by atoms with van der Waals surface area (Å²) in [6.45, 7) is 0.323. The minimum atomic E-state index is -3.56. The Labute approximate surface area is 159 Å². The maximum atomic E-state index is 14.1. The Bertz CT molecular complexity index is 1110. The second-order valence-electron chi connectivity index (χ2n) is 6.43. The molecule has 3 aromatic rings. The van der Waals surface area contributed by atoms with Crippen molar-refractivity contribution < 1.29 is 17.6 Å². The van der Waals surface area contributed by atoms with Crippen molar-refractivity contribution in [3.63, 3.8) is 0 Å². The van der Waals surface area contributed by atoms with Gasteiger partial charge in [-0.2, -0.15) is 8.75 Å². The van der Waals surface area contributed by atoms with Crippen LogP contribution in [-0.2, 0) is 9.84 Å². The Kier molecular flexibility index (Phi) is 4.65. The van der Waals surface area contributed by atoms with Gasteiger partial charge in [0.05, 0.1) is 22.7 Å². The van der Waals surface area contributed by atoms with E-state index in [0.29, 0.717) is 11.1 Å². The number of fused-ring (bicyclic) bond motifs is 1. The largest absolute Gasteiger partial charge is 0.338 e. The third-order valence-corrected chi connectivity index (χ3v) is 7.45.